The highest BCUT2D eigenvalue weighted by Crippen LogP contribution is 2.36. The van der Waals surface area contributed by atoms with E-state index in [9.17, 15) is 23.1 Å². The predicted molar refractivity (Wildman–Crippen MR) is 78.0 cm³/mol. The maximum absolute atomic E-state index is 13.9. The van der Waals surface area contributed by atoms with Crippen LogP contribution in [0.15, 0.2) is 11.6 Å². The lowest BCUT2D eigenvalue weighted by Crippen LogP contribution is -2.19. The first-order valence-corrected chi connectivity index (χ1v) is 7.19. The average molecular weight is 348 g/mol. The summed E-state index contributed by atoms with van der Waals surface area (Å²) in [7, 11) is 0. The molecule has 0 unspecified atom stereocenters. The standard InChI is InChI=1S/C15H13ClF3NO3/c1-2-23-15(22)9(13(20)6-3-4-6)14(21)7-5-8(16)11(18)12(19)10(7)17/h5-6,20-21H,2-4H2,1H3. The molecular weight excluding hydrogens is 335 g/mol. The minimum absolute atomic E-state index is 0.0332. The number of halogens is 4. The number of rotatable bonds is 5. The SMILES string of the molecule is CCOC(=O)C(C(=N)C1CC1)=C(O)c1cc(Cl)c(F)c(F)c1F. The fraction of sp³-hybridized carbons (Fsp3) is 0.333. The first-order valence-electron chi connectivity index (χ1n) is 6.82. The second kappa shape index (κ2) is 6.62. The Balaban J connectivity index is 2.62. The van der Waals surface area contributed by atoms with Crippen LogP contribution >= 0.6 is 11.6 Å². The van der Waals surface area contributed by atoms with Gasteiger partial charge in [-0.3, -0.25) is 0 Å². The third kappa shape index (κ3) is 3.34. The van der Waals surface area contributed by atoms with Crippen LogP contribution in [0.3, 0.4) is 0 Å². The van der Waals surface area contributed by atoms with Crippen molar-refractivity contribution in [1.82, 2.24) is 0 Å². The van der Waals surface area contributed by atoms with Crippen LogP contribution in [0.4, 0.5) is 13.2 Å². The van der Waals surface area contributed by atoms with Crippen molar-refractivity contribution in [2.75, 3.05) is 6.61 Å². The van der Waals surface area contributed by atoms with E-state index in [1.165, 1.54) is 6.92 Å². The summed E-state index contributed by atoms with van der Waals surface area (Å²) < 4.78 is 45.3. The molecule has 0 aliphatic heterocycles. The molecule has 124 valence electrons. The fourth-order valence-corrected chi connectivity index (χ4v) is 2.19. The van der Waals surface area contributed by atoms with E-state index in [4.69, 9.17) is 21.7 Å². The molecule has 2 rings (SSSR count). The molecule has 1 aromatic carbocycles. The zero-order valence-electron chi connectivity index (χ0n) is 12.1. The Morgan fingerprint density at radius 3 is 2.48 bits per heavy atom. The summed E-state index contributed by atoms with van der Waals surface area (Å²) in [6, 6.07) is 0.657. The lowest BCUT2D eigenvalue weighted by Gasteiger charge is -2.12. The highest BCUT2D eigenvalue weighted by molar-refractivity contribution is 6.31. The van der Waals surface area contributed by atoms with E-state index in [0.29, 0.717) is 18.9 Å². The highest BCUT2D eigenvalue weighted by atomic mass is 35.5. The molecule has 8 heteroatoms. The second-order valence-corrected chi connectivity index (χ2v) is 5.39. The van der Waals surface area contributed by atoms with Crippen molar-refractivity contribution in [2.45, 2.75) is 19.8 Å². The van der Waals surface area contributed by atoms with E-state index in [1.807, 2.05) is 0 Å². The Morgan fingerprint density at radius 1 is 1.35 bits per heavy atom. The molecule has 1 fully saturated rings. The van der Waals surface area contributed by atoms with Crippen molar-refractivity contribution in [2.24, 2.45) is 5.92 Å². The number of esters is 1. The lowest BCUT2D eigenvalue weighted by atomic mass is 10.0. The van der Waals surface area contributed by atoms with Crippen molar-refractivity contribution in [3.05, 3.63) is 39.7 Å². The summed E-state index contributed by atoms with van der Waals surface area (Å²) in [5, 5.41) is 17.4. The van der Waals surface area contributed by atoms with Crippen LogP contribution in [0.25, 0.3) is 5.76 Å². The van der Waals surface area contributed by atoms with E-state index in [0.717, 1.165) is 0 Å². The Morgan fingerprint density at radius 2 is 1.96 bits per heavy atom. The van der Waals surface area contributed by atoms with E-state index in [2.05, 4.69) is 0 Å². The molecule has 0 spiro atoms. The molecule has 4 nitrogen and oxygen atoms in total. The van der Waals surface area contributed by atoms with Gasteiger partial charge in [-0.15, -0.1) is 0 Å². The summed E-state index contributed by atoms with van der Waals surface area (Å²) >= 11 is 5.45. The van der Waals surface area contributed by atoms with Crippen molar-refractivity contribution in [3.63, 3.8) is 0 Å². The van der Waals surface area contributed by atoms with E-state index >= 15 is 0 Å². The van der Waals surface area contributed by atoms with Gasteiger partial charge >= 0.3 is 5.97 Å². The molecule has 0 aromatic heterocycles. The number of carbonyl (C=O) groups is 1. The number of aliphatic hydroxyl groups is 1. The molecule has 0 saturated heterocycles. The van der Waals surface area contributed by atoms with Gasteiger partial charge in [0.1, 0.15) is 11.3 Å². The summed E-state index contributed by atoms with van der Waals surface area (Å²) in [5.41, 5.74) is -1.61. The highest BCUT2D eigenvalue weighted by Gasteiger charge is 2.35. The number of ether oxygens (including phenoxy) is 1. The van der Waals surface area contributed by atoms with Gasteiger partial charge < -0.3 is 15.3 Å². The van der Waals surface area contributed by atoms with Gasteiger partial charge in [-0.25, -0.2) is 18.0 Å². The molecule has 0 bridgehead atoms. The number of hydrogen-bond acceptors (Lipinski definition) is 4. The first-order chi connectivity index (χ1) is 10.8. The van der Waals surface area contributed by atoms with Gasteiger partial charge in [0.25, 0.3) is 0 Å². The molecule has 0 heterocycles. The first kappa shape index (κ1) is 17.3. The summed E-state index contributed by atoms with van der Waals surface area (Å²) in [6.07, 6.45) is 1.27. The van der Waals surface area contributed by atoms with Gasteiger partial charge in [0.15, 0.2) is 17.5 Å². The summed E-state index contributed by atoms with van der Waals surface area (Å²) in [5.74, 6) is -7.48. The summed E-state index contributed by atoms with van der Waals surface area (Å²) in [4.78, 5) is 12.0. The second-order valence-electron chi connectivity index (χ2n) is 4.98. The number of hydrogen-bond donors (Lipinski definition) is 2. The third-order valence-electron chi connectivity index (χ3n) is 3.33. The van der Waals surface area contributed by atoms with Crippen LogP contribution in [0.2, 0.25) is 5.02 Å². The molecule has 23 heavy (non-hydrogen) atoms. The topological polar surface area (TPSA) is 70.4 Å². The van der Waals surface area contributed by atoms with Gasteiger partial charge in [0, 0.05) is 5.92 Å². The van der Waals surface area contributed by atoms with Gasteiger partial charge in [0.05, 0.1) is 22.9 Å². The Hall–Kier alpha value is -2.02. The maximum atomic E-state index is 13.9. The van der Waals surface area contributed by atoms with Crippen LogP contribution in [-0.4, -0.2) is 23.4 Å². The van der Waals surface area contributed by atoms with Gasteiger partial charge in [-0.05, 0) is 25.8 Å². The van der Waals surface area contributed by atoms with Crippen LogP contribution in [0, 0.1) is 28.8 Å². The lowest BCUT2D eigenvalue weighted by molar-refractivity contribution is -0.137. The molecule has 0 atom stereocenters. The summed E-state index contributed by atoms with van der Waals surface area (Å²) in [6.45, 7) is 1.48. The monoisotopic (exact) mass is 347 g/mol. The number of nitrogens with one attached hydrogen (secondary N) is 1. The molecule has 1 aromatic rings. The van der Waals surface area contributed by atoms with Crippen LogP contribution in [-0.2, 0) is 9.53 Å². The van der Waals surface area contributed by atoms with Crippen molar-refractivity contribution >= 4 is 29.0 Å². The Bertz CT molecular complexity index is 714. The Labute approximate surface area is 135 Å². The van der Waals surface area contributed by atoms with E-state index in [1.54, 1.807) is 0 Å². The average Bonchev–Trinajstić information content (AvgIpc) is 3.33. The minimum atomic E-state index is -1.87. The van der Waals surface area contributed by atoms with E-state index in [-0.39, 0.29) is 18.2 Å². The largest absolute Gasteiger partial charge is 0.506 e. The number of aliphatic hydroxyl groups excluding tert-OH is 1. The molecular formula is C15H13ClF3NO3. The normalized spacial score (nSPS) is 15.2. The van der Waals surface area contributed by atoms with E-state index < -0.39 is 45.3 Å². The van der Waals surface area contributed by atoms with Gasteiger partial charge in [0.2, 0.25) is 0 Å². The molecule has 1 aliphatic rings. The molecule has 0 radical (unpaired) electrons. The maximum Gasteiger partial charge on any atom is 0.343 e. The number of benzene rings is 1. The van der Waals surface area contributed by atoms with Crippen molar-refractivity contribution in [3.8, 4) is 0 Å². The Kier molecular flexibility index (Phi) is 4.99. The van der Waals surface area contributed by atoms with Gasteiger partial charge in [-0.2, -0.15) is 0 Å². The van der Waals surface area contributed by atoms with Crippen LogP contribution < -0.4 is 0 Å². The molecule has 1 saturated carbocycles. The van der Waals surface area contributed by atoms with Gasteiger partial charge in [-0.1, -0.05) is 11.6 Å². The zero-order chi connectivity index (χ0) is 17.3. The molecule has 0 amide bonds. The smallest absolute Gasteiger partial charge is 0.343 e. The fourth-order valence-electron chi connectivity index (χ4n) is 1.99. The van der Waals surface area contributed by atoms with Crippen molar-refractivity contribution < 1.29 is 27.8 Å². The minimum Gasteiger partial charge on any atom is -0.506 e. The zero-order valence-corrected chi connectivity index (χ0v) is 12.8. The predicted octanol–water partition coefficient (Wildman–Crippen LogP) is 4.02. The number of carbonyl (C=O) groups excluding carboxylic acids is 1. The molecule has 2 N–H and O–H groups in total. The van der Waals surface area contributed by atoms with Crippen molar-refractivity contribution in [1.29, 1.82) is 5.41 Å². The quantitative estimate of drug-likeness (QED) is 0.211. The van der Waals surface area contributed by atoms with Crippen LogP contribution in [0.5, 0.6) is 0 Å². The molecule has 1 aliphatic carbocycles. The third-order valence-corrected chi connectivity index (χ3v) is 3.60. The van der Waals surface area contributed by atoms with Crippen LogP contribution in [0.1, 0.15) is 25.3 Å².